The molecule has 11 heteroatoms. The Hall–Kier alpha value is -2.50. The Labute approximate surface area is 213 Å². The van der Waals surface area contributed by atoms with Crippen molar-refractivity contribution in [3.8, 4) is 11.1 Å². The number of carbonyl (C=O) groups excluding carboxylic acids is 1. The summed E-state index contributed by atoms with van der Waals surface area (Å²) in [6.45, 7) is 0.728. The van der Waals surface area contributed by atoms with E-state index in [1.807, 2.05) is 0 Å². The summed E-state index contributed by atoms with van der Waals surface area (Å²) >= 11 is 0. The smallest absolute Gasteiger partial charge is 0.251 e. The van der Waals surface area contributed by atoms with Gasteiger partial charge in [-0.05, 0) is 61.8 Å². The molecule has 0 unspecified atom stereocenters. The fraction of sp³-hybridized carbons (Fsp3) is 0.500. The van der Waals surface area contributed by atoms with E-state index in [2.05, 4.69) is 4.72 Å². The number of likely N-dealkylation sites (tertiary alicyclic amines) is 1. The topological polar surface area (TPSA) is 75.7 Å². The van der Waals surface area contributed by atoms with Crippen LogP contribution >= 0.6 is 0 Å². The number of rotatable bonds is 7. The number of nitrogens with zero attached hydrogens (tertiary/aromatic N) is 1. The van der Waals surface area contributed by atoms with Crippen molar-refractivity contribution in [1.29, 1.82) is 0 Å². The Kier molecular flexibility index (Phi) is 7.06. The van der Waals surface area contributed by atoms with Gasteiger partial charge in [0.2, 0.25) is 16.0 Å². The molecule has 2 heterocycles. The summed E-state index contributed by atoms with van der Waals surface area (Å²) in [6.07, 6.45) is 2.30. The zero-order valence-electron chi connectivity index (χ0n) is 20.1. The van der Waals surface area contributed by atoms with Crippen LogP contribution in [-0.4, -0.2) is 56.6 Å². The van der Waals surface area contributed by atoms with Gasteiger partial charge >= 0.3 is 0 Å². The minimum Gasteiger partial charge on any atom is -0.368 e. The van der Waals surface area contributed by atoms with E-state index in [-0.39, 0.29) is 42.0 Å². The van der Waals surface area contributed by atoms with Crippen LogP contribution in [0.2, 0.25) is 0 Å². The molecule has 0 radical (unpaired) electrons. The summed E-state index contributed by atoms with van der Waals surface area (Å²) in [5.41, 5.74) is -0.224. The van der Waals surface area contributed by atoms with Crippen LogP contribution < -0.4 is 4.72 Å². The Bertz CT molecular complexity index is 1280. The second kappa shape index (κ2) is 9.99. The van der Waals surface area contributed by atoms with E-state index in [0.717, 1.165) is 18.6 Å². The summed E-state index contributed by atoms with van der Waals surface area (Å²) < 4.78 is 88.6. The number of sulfonamides is 1. The average Bonchev–Trinajstić information content (AvgIpc) is 3.40. The van der Waals surface area contributed by atoms with Gasteiger partial charge in [-0.2, -0.15) is 0 Å². The third-order valence-corrected chi connectivity index (χ3v) is 8.66. The lowest BCUT2D eigenvalue weighted by molar-refractivity contribution is -0.147. The molecule has 3 aliphatic rings. The fourth-order valence-electron chi connectivity index (χ4n) is 5.65. The first-order valence-electron chi connectivity index (χ1n) is 12.3. The molecule has 3 fully saturated rings. The van der Waals surface area contributed by atoms with Gasteiger partial charge in [0.15, 0.2) is 0 Å². The van der Waals surface area contributed by atoms with Crippen molar-refractivity contribution in [3.63, 3.8) is 0 Å². The van der Waals surface area contributed by atoms with Crippen molar-refractivity contribution in [2.75, 3.05) is 19.2 Å². The zero-order valence-corrected chi connectivity index (χ0v) is 20.9. The quantitative estimate of drug-likeness (QED) is 0.537. The molecule has 1 aliphatic carbocycles. The highest BCUT2D eigenvalue weighted by atomic mass is 32.2. The largest absolute Gasteiger partial charge is 0.368 e. The summed E-state index contributed by atoms with van der Waals surface area (Å²) in [5.74, 6) is -2.56. The van der Waals surface area contributed by atoms with E-state index in [0.29, 0.717) is 31.9 Å². The van der Waals surface area contributed by atoms with Crippen LogP contribution in [0, 0.1) is 22.9 Å². The molecule has 3 atom stereocenters. The molecule has 2 saturated heterocycles. The lowest BCUT2D eigenvalue weighted by Gasteiger charge is -2.45. The Morgan fingerprint density at radius 2 is 1.86 bits per heavy atom. The highest BCUT2D eigenvalue weighted by molar-refractivity contribution is 7.89. The van der Waals surface area contributed by atoms with Crippen molar-refractivity contribution in [2.24, 2.45) is 5.41 Å². The van der Waals surface area contributed by atoms with Crippen LogP contribution in [-0.2, 0) is 26.0 Å². The molecule has 0 aromatic heterocycles. The van der Waals surface area contributed by atoms with Gasteiger partial charge in [-0.15, -0.1) is 0 Å². The molecule has 5 rings (SSSR count). The number of alkyl halides is 1. The number of amides is 1. The lowest BCUT2D eigenvalue weighted by Crippen LogP contribution is -2.60. The average molecular weight is 541 g/mol. The standard InChI is InChI=1S/C26H28F4N2O4S/c27-15-37(34,35)31-23-13-20(32(14-26(23)6-7-26)25(33)22-5-2-8-36-22)11-16-3-1-4-21(24(16)30)17-9-18(28)12-19(29)10-17/h1,3-4,9-10,12,20,22-23,31H,2,5-8,11,13-15H2/t20-,22+,23+/m0/s1. The summed E-state index contributed by atoms with van der Waals surface area (Å²) in [5, 5.41) is 0. The van der Waals surface area contributed by atoms with Gasteiger partial charge in [0.25, 0.3) is 5.91 Å². The third-order valence-electron chi connectivity index (χ3n) is 7.73. The van der Waals surface area contributed by atoms with E-state index in [1.54, 1.807) is 11.0 Å². The lowest BCUT2D eigenvalue weighted by atomic mass is 9.82. The van der Waals surface area contributed by atoms with E-state index < -0.39 is 57.1 Å². The molecule has 1 N–H and O–H groups in total. The van der Waals surface area contributed by atoms with Crippen molar-refractivity contribution in [3.05, 3.63) is 59.4 Å². The first kappa shape index (κ1) is 26.1. The number of ether oxygens (including phenoxy) is 1. The minimum atomic E-state index is -4.15. The van der Waals surface area contributed by atoms with Gasteiger partial charge in [0.1, 0.15) is 23.6 Å². The van der Waals surface area contributed by atoms with Crippen LogP contribution in [0.1, 0.15) is 37.7 Å². The van der Waals surface area contributed by atoms with Crippen LogP contribution in [0.5, 0.6) is 0 Å². The van der Waals surface area contributed by atoms with Gasteiger partial charge in [-0.25, -0.2) is 30.7 Å². The van der Waals surface area contributed by atoms with E-state index in [1.165, 1.54) is 12.1 Å². The maximum absolute atomic E-state index is 15.7. The monoisotopic (exact) mass is 540 g/mol. The molecule has 37 heavy (non-hydrogen) atoms. The van der Waals surface area contributed by atoms with Crippen LogP contribution in [0.15, 0.2) is 36.4 Å². The predicted molar refractivity (Wildman–Crippen MR) is 128 cm³/mol. The molecule has 0 bridgehead atoms. The number of nitrogens with one attached hydrogen (secondary N) is 1. The second-order valence-electron chi connectivity index (χ2n) is 10.3. The maximum Gasteiger partial charge on any atom is 0.251 e. The molecule has 200 valence electrons. The van der Waals surface area contributed by atoms with Gasteiger partial charge in [0.05, 0.1) is 0 Å². The maximum atomic E-state index is 15.7. The Morgan fingerprint density at radius 3 is 2.49 bits per heavy atom. The minimum absolute atomic E-state index is 0.0112. The summed E-state index contributed by atoms with van der Waals surface area (Å²) in [7, 11) is -4.15. The summed E-state index contributed by atoms with van der Waals surface area (Å²) in [6, 6.07) is 4.55. The third kappa shape index (κ3) is 5.39. The number of carbonyl (C=O) groups is 1. The first-order chi connectivity index (χ1) is 17.6. The number of piperidine rings is 1. The molecule has 6 nitrogen and oxygen atoms in total. The molecular formula is C26H28F4N2O4S. The molecule has 2 aliphatic heterocycles. The molecular weight excluding hydrogens is 512 g/mol. The predicted octanol–water partition coefficient (Wildman–Crippen LogP) is 4.09. The van der Waals surface area contributed by atoms with Gasteiger partial charge in [-0.1, -0.05) is 18.2 Å². The van der Waals surface area contributed by atoms with Gasteiger partial charge in [-0.3, -0.25) is 4.79 Å². The SMILES string of the molecule is O=C([C@H]1CCCO1)N1CC2(CC2)[C@H](NS(=O)(=O)CF)C[C@@H]1Cc1cccc(-c2cc(F)cc(F)c2)c1F. The van der Waals surface area contributed by atoms with Crippen molar-refractivity contribution in [1.82, 2.24) is 9.62 Å². The highest BCUT2D eigenvalue weighted by Crippen LogP contribution is 2.54. The number of halogens is 4. The molecule has 2 aromatic rings. The van der Waals surface area contributed by atoms with Crippen LogP contribution in [0.3, 0.4) is 0 Å². The van der Waals surface area contributed by atoms with Gasteiger partial charge in [0, 0.05) is 42.3 Å². The number of hydrogen-bond donors (Lipinski definition) is 1. The van der Waals surface area contributed by atoms with E-state index in [9.17, 15) is 26.4 Å². The Balaban J connectivity index is 1.47. The summed E-state index contributed by atoms with van der Waals surface area (Å²) in [4.78, 5) is 15.1. The molecule has 1 amide bonds. The number of hydrogen-bond acceptors (Lipinski definition) is 4. The fourth-order valence-corrected chi connectivity index (χ4v) is 6.49. The van der Waals surface area contributed by atoms with Gasteiger partial charge < -0.3 is 9.64 Å². The second-order valence-corrected chi connectivity index (χ2v) is 11.9. The van der Waals surface area contributed by atoms with Crippen LogP contribution in [0.25, 0.3) is 11.1 Å². The Morgan fingerprint density at radius 1 is 1.14 bits per heavy atom. The molecule has 1 saturated carbocycles. The first-order valence-corrected chi connectivity index (χ1v) is 14.0. The van der Waals surface area contributed by atoms with Crippen molar-refractivity contribution >= 4 is 15.9 Å². The van der Waals surface area contributed by atoms with Crippen LogP contribution in [0.4, 0.5) is 17.6 Å². The molecule has 1 spiro atoms. The normalized spacial score (nSPS) is 25.0. The van der Waals surface area contributed by atoms with E-state index >= 15 is 4.39 Å². The van der Waals surface area contributed by atoms with E-state index in [4.69, 9.17) is 4.74 Å². The van der Waals surface area contributed by atoms with Crippen molar-refractivity contribution in [2.45, 2.75) is 56.7 Å². The zero-order chi connectivity index (χ0) is 26.4. The highest BCUT2D eigenvalue weighted by Gasteiger charge is 2.57. The molecule has 2 aromatic carbocycles. The number of benzene rings is 2. The van der Waals surface area contributed by atoms with Crippen molar-refractivity contribution < 1.29 is 35.5 Å².